The molecule has 0 aliphatic carbocycles. The second-order valence-corrected chi connectivity index (χ2v) is 4.80. The van der Waals surface area contributed by atoms with Crippen LogP contribution in [-0.4, -0.2) is 13.2 Å². The van der Waals surface area contributed by atoms with Crippen LogP contribution < -0.4 is 10.1 Å². The molecule has 0 fully saturated rings. The molecule has 1 rings (SSSR count). The fourth-order valence-electron chi connectivity index (χ4n) is 1.89. The summed E-state index contributed by atoms with van der Waals surface area (Å²) in [7, 11) is 0. The molecule has 1 N–H and O–H groups in total. The molecule has 2 nitrogen and oxygen atoms in total. The molecule has 2 heteroatoms. The lowest BCUT2D eigenvalue weighted by atomic mass is 10.1. The van der Waals surface area contributed by atoms with Crippen molar-refractivity contribution >= 4 is 0 Å². The van der Waals surface area contributed by atoms with E-state index in [2.05, 4.69) is 44.3 Å². The first kappa shape index (κ1) is 15.0. The van der Waals surface area contributed by atoms with Crippen LogP contribution in [0.3, 0.4) is 0 Å². The van der Waals surface area contributed by atoms with E-state index in [1.54, 1.807) is 0 Å². The summed E-state index contributed by atoms with van der Waals surface area (Å²) in [5.41, 5.74) is 1.30. The van der Waals surface area contributed by atoms with Gasteiger partial charge in [0.15, 0.2) is 0 Å². The molecule has 18 heavy (non-hydrogen) atoms. The predicted molar refractivity (Wildman–Crippen MR) is 78.2 cm³/mol. The molecule has 0 bridgehead atoms. The van der Waals surface area contributed by atoms with E-state index < -0.39 is 0 Å². The Hall–Kier alpha value is -1.02. The van der Waals surface area contributed by atoms with Crippen molar-refractivity contribution in [3.63, 3.8) is 0 Å². The van der Waals surface area contributed by atoms with Gasteiger partial charge in [0.05, 0.1) is 6.61 Å². The Morgan fingerprint density at radius 3 is 2.72 bits per heavy atom. The molecule has 0 spiro atoms. The average Bonchev–Trinajstić information content (AvgIpc) is 2.41. The van der Waals surface area contributed by atoms with E-state index in [1.807, 2.05) is 6.07 Å². The highest BCUT2D eigenvalue weighted by Crippen LogP contribution is 2.19. The van der Waals surface area contributed by atoms with Gasteiger partial charge in [-0.05, 0) is 44.0 Å². The number of nitrogens with one attached hydrogen (secondary N) is 1. The molecule has 0 amide bonds. The van der Waals surface area contributed by atoms with E-state index >= 15 is 0 Å². The number of rotatable bonds is 9. The second-order valence-electron chi connectivity index (χ2n) is 4.80. The largest absolute Gasteiger partial charge is 0.494 e. The lowest BCUT2D eigenvalue weighted by Crippen LogP contribution is -2.19. The molecule has 0 aliphatic heterocycles. The average molecular weight is 249 g/mol. The number of unbranched alkanes of at least 4 members (excludes halogenated alkanes) is 2. The van der Waals surface area contributed by atoms with Gasteiger partial charge in [-0.1, -0.05) is 38.8 Å². The topological polar surface area (TPSA) is 21.3 Å². The van der Waals surface area contributed by atoms with Crippen LogP contribution in [0.15, 0.2) is 24.3 Å². The van der Waals surface area contributed by atoms with E-state index in [9.17, 15) is 0 Å². The van der Waals surface area contributed by atoms with Crippen LogP contribution in [0.4, 0.5) is 0 Å². The maximum absolute atomic E-state index is 5.78. The third kappa shape index (κ3) is 5.54. The molecular formula is C16H27NO. The van der Waals surface area contributed by atoms with Crippen LogP contribution in [0.2, 0.25) is 0 Å². The smallest absolute Gasteiger partial charge is 0.119 e. The fraction of sp³-hybridized carbons (Fsp3) is 0.625. The number of hydrogen-bond acceptors (Lipinski definition) is 2. The lowest BCUT2D eigenvalue weighted by molar-refractivity contribution is 0.305. The first-order valence-electron chi connectivity index (χ1n) is 7.24. The summed E-state index contributed by atoms with van der Waals surface area (Å²) in [6, 6.07) is 8.83. The van der Waals surface area contributed by atoms with Gasteiger partial charge in [-0.2, -0.15) is 0 Å². The van der Waals surface area contributed by atoms with Gasteiger partial charge < -0.3 is 10.1 Å². The quantitative estimate of drug-likeness (QED) is 0.658. The first-order chi connectivity index (χ1) is 8.77. The number of ether oxygens (including phenoxy) is 1. The van der Waals surface area contributed by atoms with Crippen LogP contribution in [-0.2, 0) is 0 Å². The monoisotopic (exact) mass is 249 g/mol. The molecule has 1 aromatic carbocycles. The normalized spacial score (nSPS) is 12.4. The molecule has 102 valence electrons. The van der Waals surface area contributed by atoms with Gasteiger partial charge in [-0.25, -0.2) is 0 Å². The van der Waals surface area contributed by atoms with Crippen LogP contribution in [0.1, 0.15) is 58.1 Å². The maximum Gasteiger partial charge on any atom is 0.119 e. The minimum absolute atomic E-state index is 0.393. The highest BCUT2D eigenvalue weighted by molar-refractivity contribution is 5.30. The van der Waals surface area contributed by atoms with E-state index in [0.29, 0.717) is 6.04 Å². The van der Waals surface area contributed by atoms with E-state index in [4.69, 9.17) is 4.74 Å². The fourth-order valence-corrected chi connectivity index (χ4v) is 1.89. The Bertz CT molecular complexity index is 325. The van der Waals surface area contributed by atoms with Crippen LogP contribution in [0.25, 0.3) is 0 Å². The molecule has 1 aromatic rings. The summed E-state index contributed by atoms with van der Waals surface area (Å²) in [6.45, 7) is 8.48. The SMILES string of the molecule is CCCCCOc1cccc(C(C)NCCC)c1. The standard InChI is InChI=1S/C16H27NO/c1-4-6-7-12-18-16-10-8-9-15(13-16)14(3)17-11-5-2/h8-10,13-14,17H,4-7,11-12H2,1-3H3. The Kier molecular flexibility index (Phi) is 7.51. The predicted octanol–water partition coefficient (Wildman–Crippen LogP) is 4.32. The lowest BCUT2D eigenvalue weighted by Gasteiger charge is -2.15. The van der Waals surface area contributed by atoms with Gasteiger partial charge in [0, 0.05) is 6.04 Å². The van der Waals surface area contributed by atoms with Crippen molar-refractivity contribution in [2.75, 3.05) is 13.2 Å². The minimum atomic E-state index is 0.393. The Balaban J connectivity index is 2.45. The van der Waals surface area contributed by atoms with Gasteiger partial charge >= 0.3 is 0 Å². The Morgan fingerprint density at radius 1 is 1.17 bits per heavy atom. The Morgan fingerprint density at radius 2 is 2.00 bits per heavy atom. The summed E-state index contributed by atoms with van der Waals surface area (Å²) < 4.78 is 5.78. The highest BCUT2D eigenvalue weighted by atomic mass is 16.5. The van der Waals surface area contributed by atoms with Crippen molar-refractivity contribution in [2.24, 2.45) is 0 Å². The first-order valence-corrected chi connectivity index (χ1v) is 7.24. The van der Waals surface area contributed by atoms with Crippen molar-refractivity contribution in [2.45, 2.75) is 52.5 Å². The summed E-state index contributed by atoms with van der Waals surface area (Å²) in [6.07, 6.45) is 4.79. The van der Waals surface area contributed by atoms with Crippen molar-refractivity contribution in [1.29, 1.82) is 0 Å². The third-order valence-electron chi connectivity index (χ3n) is 3.08. The van der Waals surface area contributed by atoms with Crippen molar-refractivity contribution in [1.82, 2.24) is 5.32 Å². The van der Waals surface area contributed by atoms with E-state index in [-0.39, 0.29) is 0 Å². The number of hydrogen-bond donors (Lipinski definition) is 1. The van der Waals surface area contributed by atoms with Crippen LogP contribution in [0, 0.1) is 0 Å². The van der Waals surface area contributed by atoms with Gasteiger partial charge in [0.1, 0.15) is 5.75 Å². The summed E-state index contributed by atoms with van der Waals surface area (Å²) in [5.74, 6) is 0.994. The third-order valence-corrected chi connectivity index (χ3v) is 3.08. The minimum Gasteiger partial charge on any atom is -0.494 e. The molecule has 0 heterocycles. The molecule has 0 saturated carbocycles. The molecule has 0 radical (unpaired) electrons. The molecule has 0 saturated heterocycles. The molecule has 1 unspecified atom stereocenters. The van der Waals surface area contributed by atoms with Gasteiger partial charge in [0.2, 0.25) is 0 Å². The molecular weight excluding hydrogens is 222 g/mol. The van der Waals surface area contributed by atoms with Gasteiger partial charge in [-0.15, -0.1) is 0 Å². The summed E-state index contributed by atoms with van der Waals surface area (Å²) >= 11 is 0. The maximum atomic E-state index is 5.78. The summed E-state index contributed by atoms with van der Waals surface area (Å²) in [5, 5.41) is 3.50. The van der Waals surface area contributed by atoms with Crippen LogP contribution >= 0.6 is 0 Å². The van der Waals surface area contributed by atoms with Crippen LogP contribution in [0.5, 0.6) is 5.75 Å². The Labute approximate surface area is 112 Å². The summed E-state index contributed by atoms with van der Waals surface area (Å²) in [4.78, 5) is 0. The molecule has 0 aromatic heterocycles. The zero-order valence-electron chi connectivity index (χ0n) is 12.0. The van der Waals surface area contributed by atoms with Gasteiger partial charge in [-0.3, -0.25) is 0 Å². The van der Waals surface area contributed by atoms with E-state index in [0.717, 1.165) is 31.7 Å². The highest BCUT2D eigenvalue weighted by Gasteiger charge is 2.05. The number of benzene rings is 1. The van der Waals surface area contributed by atoms with Crippen molar-refractivity contribution in [3.05, 3.63) is 29.8 Å². The molecule has 0 aliphatic rings. The second kappa shape index (κ2) is 8.98. The zero-order valence-corrected chi connectivity index (χ0v) is 12.0. The zero-order chi connectivity index (χ0) is 13.2. The van der Waals surface area contributed by atoms with E-state index in [1.165, 1.54) is 18.4 Å². The van der Waals surface area contributed by atoms with Crippen molar-refractivity contribution < 1.29 is 4.74 Å². The van der Waals surface area contributed by atoms with Crippen molar-refractivity contribution in [3.8, 4) is 5.75 Å². The molecule has 1 atom stereocenters. The van der Waals surface area contributed by atoms with Gasteiger partial charge in [0.25, 0.3) is 0 Å².